The number of rotatable bonds is 12. The average Bonchev–Trinajstić information content (AvgIpc) is 0.759. The van der Waals surface area contributed by atoms with Crippen molar-refractivity contribution in [3.63, 3.8) is 0 Å². The monoisotopic (exact) mass is 1310 g/mol. The second-order valence-corrected chi connectivity index (χ2v) is 25.2. The lowest BCUT2D eigenvalue weighted by Crippen LogP contribution is -2.16. The predicted octanol–water partition coefficient (Wildman–Crippen LogP) is 23.8. The first kappa shape index (κ1) is 59.2. The molecule has 0 saturated carbocycles. The van der Waals surface area contributed by atoms with E-state index in [-0.39, 0.29) is 0 Å². The Hall–Kier alpha value is -14.1. The van der Waals surface area contributed by atoms with Crippen molar-refractivity contribution in [3.8, 4) is 135 Å². The first-order valence-corrected chi connectivity index (χ1v) is 33.7. The molecule has 0 N–H and O–H groups in total. The maximum atomic E-state index is 6.86. The molecule has 3 aromatic heterocycles. The third-order valence-electron chi connectivity index (χ3n) is 18.9. The highest BCUT2D eigenvalue weighted by Crippen LogP contribution is 2.56. The van der Waals surface area contributed by atoms with Crippen LogP contribution in [0.2, 0.25) is 0 Å². The molecular formula is C90H57N9O3. The quantitative estimate of drug-likeness (QED) is 0.116. The van der Waals surface area contributed by atoms with Gasteiger partial charge < -0.3 is 28.9 Å². The molecule has 13 aromatic carbocycles. The van der Waals surface area contributed by atoms with Crippen molar-refractivity contribution < 1.29 is 14.2 Å². The summed E-state index contributed by atoms with van der Waals surface area (Å²) in [7, 11) is 0. The minimum Gasteiger partial charge on any atom is -0.453 e. The third kappa shape index (κ3) is 10.9. The van der Waals surface area contributed by atoms with Crippen LogP contribution in [0.3, 0.4) is 0 Å². The molecule has 0 saturated heterocycles. The van der Waals surface area contributed by atoms with Gasteiger partial charge in [0.15, 0.2) is 52.0 Å². The Labute approximate surface area is 588 Å². The lowest BCUT2D eigenvalue weighted by Gasteiger charge is -2.33. The summed E-state index contributed by atoms with van der Waals surface area (Å²) >= 11 is 0. The van der Waals surface area contributed by atoms with E-state index >= 15 is 0 Å². The number of ether oxygens (including phenoxy) is 3. The van der Waals surface area contributed by atoms with Crippen LogP contribution >= 0.6 is 0 Å². The fourth-order valence-corrected chi connectivity index (χ4v) is 13.9. The topological polar surface area (TPSA) is 115 Å². The van der Waals surface area contributed by atoms with Crippen molar-refractivity contribution >= 4 is 51.2 Å². The standard InChI is InChI=1S/C90H57N9O3/c1-7-19-58(20-8-1)64-31-37-76-82(46-64)100-83-47-65(59-21-9-2-10-22-59)32-38-77(83)97(76)73-52-91-88(92-53-73)70-43-71(89-93-54-74(55-94-89)98-78-39-33-66(60-23-11-3-12-24-60)48-84(78)101-85-49-67(34-40-79(85)98)61-25-13-4-14-26-61)45-72(44-70)90-95-56-75(57-96-90)99-80-41-35-68(62-27-15-5-16-28-62)50-86(80)102-87-51-69(36-42-81(87)99)63-29-17-6-18-30-63/h1-57H. The summed E-state index contributed by atoms with van der Waals surface area (Å²) in [5.74, 6) is 5.67. The number of hydrogen-bond acceptors (Lipinski definition) is 12. The van der Waals surface area contributed by atoms with Gasteiger partial charge in [0, 0.05) is 16.7 Å². The number of fused-ring (bicyclic) bond motifs is 6. The summed E-state index contributed by atoms with van der Waals surface area (Å²) in [6.07, 6.45) is 11.2. The van der Waals surface area contributed by atoms with Crippen LogP contribution in [0.5, 0.6) is 34.5 Å². The van der Waals surface area contributed by atoms with Gasteiger partial charge in [0.05, 0.1) is 88.4 Å². The molecule has 0 fully saturated rings. The molecule has 16 aromatic rings. The van der Waals surface area contributed by atoms with Gasteiger partial charge in [-0.25, -0.2) is 29.9 Å². The Morgan fingerprint density at radius 2 is 0.343 bits per heavy atom. The maximum absolute atomic E-state index is 6.86. The summed E-state index contributed by atoms with van der Waals surface area (Å²) in [5, 5.41) is 0. The molecule has 0 radical (unpaired) electrons. The first-order valence-electron chi connectivity index (χ1n) is 33.7. The van der Waals surface area contributed by atoms with E-state index < -0.39 is 0 Å². The fourth-order valence-electron chi connectivity index (χ4n) is 13.9. The largest absolute Gasteiger partial charge is 0.453 e. The fraction of sp³-hybridized carbons (Fsp3) is 0. The number of benzene rings is 13. The molecule has 0 bridgehead atoms. The van der Waals surface area contributed by atoms with Gasteiger partial charge >= 0.3 is 0 Å². The summed E-state index contributed by atoms with van der Waals surface area (Å²) in [6, 6.07) is 106. The lowest BCUT2D eigenvalue weighted by molar-refractivity contribution is 0.477. The van der Waals surface area contributed by atoms with E-state index in [4.69, 9.17) is 44.1 Å². The minimum atomic E-state index is 0.472. The molecule has 19 rings (SSSR count). The van der Waals surface area contributed by atoms with Gasteiger partial charge in [-0.2, -0.15) is 0 Å². The summed E-state index contributed by atoms with van der Waals surface area (Å²) in [4.78, 5) is 37.7. The SMILES string of the molecule is c1ccc(-c2ccc3c(c2)Oc2cc(-c4ccccc4)ccc2N3c2cnc(-c3cc(-c4ncc(N5c6ccc(-c7ccccc7)cc6Oc6cc(-c7ccccc7)ccc65)cn4)cc(-c4ncc(N5c6ccc(-c7ccccc7)cc6Oc6cc(-c7ccccc7)ccc65)cn4)c3)nc2)cc1. The molecule has 12 nitrogen and oxygen atoms in total. The van der Waals surface area contributed by atoms with Crippen LogP contribution in [0, 0.1) is 0 Å². The van der Waals surface area contributed by atoms with Crippen molar-refractivity contribution in [2.45, 2.75) is 0 Å². The number of hydrogen-bond donors (Lipinski definition) is 0. The number of nitrogens with zero attached hydrogens (tertiary/aromatic N) is 9. The van der Waals surface area contributed by atoms with Gasteiger partial charge in [0.1, 0.15) is 0 Å². The molecule has 480 valence electrons. The van der Waals surface area contributed by atoms with Crippen LogP contribution in [0.15, 0.2) is 347 Å². The zero-order chi connectivity index (χ0) is 67.5. The average molecular weight is 1310 g/mol. The molecule has 3 aliphatic heterocycles. The highest BCUT2D eigenvalue weighted by atomic mass is 16.5. The van der Waals surface area contributed by atoms with E-state index in [9.17, 15) is 0 Å². The van der Waals surface area contributed by atoms with Crippen LogP contribution in [0.4, 0.5) is 51.2 Å². The summed E-state index contributed by atoms with van der Waals surface area (Å²) in [5.41, 5.74) is 22.2. The molecule has 6 heterocycles. The zero-order valence-corrected chi connectivity index (χ0v) is 54.7. The van der Waals surface area contributed by atoms with Crippen molar-refractivity contribution in [3.05, 3.63) is 347 Å². The molecule has 102 heavy (non-hydrogen) atoms. The van der Waals surface area contributed by atoms with E-state index in [1.807, 2.05) is 165 Å². The van der Waals surface area contributed by atoms with E-state index in [0.717, 1.165) is 118 Å². The first-order chi connectivity index (χ1) is 50.5. The molecule has 0 aliphatic carbocycles. The Kier molecular flexibility index (Phi) is 14.6. The summed E-state index contributed by atoms with van der Waals surface area (Å²) < 4.78 is 20.6. The van der Waals surface area contributed by atoms with Crippen LogP contribution in [-0.2, 0) is 0 Å². The maximum Gasteiger partial charge on any atom is 0.159 e. The Balaban J connectivity index is 0.719. The second kappa shape index (κ2) is 25.1. The van der Waals surface area contributed by atoms with Gasteiger partial charge in [0.25, 0.3) is 0 Å². The van der Waals surface area contributed by atoms with Gasteiger partial charge in [0.2, 0.25) is 0 Å². The molecule has 0 amide bonds. The predicted molar refractivity (Wildman–Crippen MR) is 406 cm³/mol. The second-order valence-electron chi connectivity index (χ2n) is 25.2. The number of anilines is 9. The highest BCUT2D eigenvalue weighted by molar-refractivity contribution is 5.93. The Morgan fingerprint density at radius 1 is 0.167 bits per heavy atom. The van der Waals surface area contributed by atoms with Crippen molar-refractivity contribution in [2.24, 2.45) is 0 Å². The molecule has 3 aliphatic rings. The van der Waals surface area contributed by atoms with Gasteiger partial charge in [-0.05, 0) is 158 Å². The molecule has 0 atom stereocenters. The van der Waals surface area contributed by atoms with E-state index in [2.05, 4.69) is 197 Å². The highest BCUT2D eigenvalue weighted by Gasteiger charge is 2.32. The lowest BCUT2D eigenvalue weighted by atomic mass is 10.0. The van der Waals surface area contributed by atoms with Crippen LogP contribution in [-0.4, -0.2) is 29.9 Å². The number of aromatic nitrogens is 6. The minimum absolute atomic E-state index is 0.472. The normalized spacial score (nSPS) is 12.3. The van der Waals surface area contributed by atoms with E-state index in [0.29, 0.717) is 68.7 Å². The third-order valence-corrected chi connectivity index (χ3v) is 18.9. The van der Waals surface area contributed by atoms with Crippen molar-refractivity contribution in [2.75, 3.05) is 14.7 Å². The van der Waals surface area contributed by atoms with Crippen LogP contribution < -0.4 is 28.9 Å². The van der Waals surface area contributed by atoms with Gasteiger partial charge in [-0.15, -0.1) is 0 Å². The van der Waals surface area contributed by atoms with E-state index in [1.165, 1.54) is 0 Å². The molecule has 0 spiro atoms. The molecule has 0 unspecified atom stereocenters. The van der Waals surface area contributed by atoms with Crippen molar-refractivity contribution in [1.82, 2.24) is 29.9 Å². The van der Waals surface area contributed by atoms with Gasteiger partial charge in [-0.1, -0.05) is 218 Å². The van der Waals surface area contributed by atoms with E-state index in [1.54, 1.807) is 0 Å². The summed E-state index contributed by atoms with van der Waals surface area (Å²) in [6.45, 7) is 0. The zero-order valence-electron chi connectivity index (χ0n) is 54.7. The smallest absolute Gasteiger partial charge is 0.159 e. The van der Waals surface area contributed by atoms with Gasteiger partial charge in [-0.3, -0.25) is 0 Å². The van der Waals surface area contributed by atoms with Crippen LogP contribution in [0.25, 0.3) is 101 Å². The van der Waals surface area contributed by atoms with Crippen LogP contribution in [0.1, 0.15) is 0 Å². The molecular weight excluding hydrogens is 1260 g/mol. The Bertz CT molecular complexity index is 4990. The van der Waals surface area contributed by atoms with Crippen molar-refractivity contribution in [1.29, 1.82) is 0 Å². The molecule has 12 heteroatoms. The Morgan fingerprint density at radius 3 is 0.520 bits per heavy atom.